The monoisotopic (exact) mass is 287 g/mol. The van der Waals surface area contributed by atoms with E-state index in [4.69, 9.17) is 4.74 Å². The minimum absolute atomic E-state index is 0.216. The van der Waals surface area contributed by atoms with E-state index in [0.29, 0.717) is 12.1 Å². The number of halogens is 1. The summed E-state index contributed by atoms with van der Waals surface area (Å²) in [5.41, 5.74) is 4.51. The second-order valence-corrected chi connectivity index (χ2v) is 5.18. The van der Waals surface area contributed by atoms with Crippen LogP contribution in [0.15, 0.2) is 30.3 Å². The quantitative estimate of drug-likeness (QED) is 0.888. The average Bonchev–Trinajstić information content (AvgIpc) is 2.48. The third-order valence-electron chi connectivity index (χ3n) is 3.78. The van der Waals surface area contributed by atoms with Gasteiger partial charge in [-0.05, 0) is 43.1 Å². The molecule has 2 nitrogen and oxygen atoms in total. The largest absolute Gasteiger partial charge is 0.496 e. The Hall–Kier alpha value is -1.87. The summed E-state index contributed by atoms with van der Waals surface area (Å²) in [5.74, 6) is 0.528. The molecule has 0 atom stereocenters. The number of benzene rings is 2. The Morgan fingerprint density at radius 1 is 1.10 bits per heavy atom. The van der Waals surface area contributed by atoms with Crippen LogP contribution in [0.5, 0.6) is 5.75 Å². The van der Waals surface area contributed by atoms with Crippen molar-refractivity contribution < 1.29 is 9.13 Å². The molecule has 0 heterocycles. The third-order valence-corrected chi connectivity index (χ3v) is 3.78. The second kappa shape index (κ2) is 6.72. The lowest BCUT2D eigenvalue weighted by atomic mass is 9.97. The molecule has 2 rings (SSSR count). The molecule has 0 saturated carbocycles. The summed E-state index contributed by atoms with van der Waals surface area (Å²) in [6, 6.07) is 9.29. The number of nitrogens with one attached hydrogen (secondary N) is 1. The van der Waals surface area contributed by atoms with E-state index in [1.165, 1.54) is 0 Å². The van der Waals surface area contributed by atoms with Crippen LogP contribution in [0.1, 0.15) is 23.6 Å². The van der Waals surface area contributed by atoms with E-state index in [-0.39, 0.29) is 5.82 Å². The number of hydrogen-bond donors (Lipinski definition) is 1. The highest BCUT2D eigenvalue weighted by atomic mass is 19.1. The first-order chi connectivity index (χ1) is 10.1. The van der Waals surface area contributed by atoms with Gasteiger partial charge >= 0.3 is 0 Å². The van der Waals surface area contributed by atoms with Gasteiger partial charge in [0.15, 0.2) is 0 Å². The maximum absolute atomic E-state index is 14.4. The molecule has 21 heavy (non-hydrogen) atoms. The topological polar surface area (TPSA) is 21.3 Å². The summed E-state index contributed by atoms with van der Waals surface area (Å²) in [7, 11) is 1.63. The van der Waals surface area contributed by atoms with Crippen LogP contribution >= 0.6 is 0 Å². The van der Waals surface area contributed by atoms with Crippen molar-refractivity contribution in [3.8, 4) is 16.9 Å². The summed E-state index contributed by atoms with van der Waals surface area (Å²) in [6.45, 7) is 7.60. The number of methoxy groups -OCH3 is 1. The zero-order valence-corrected chi connectivity index (χ0v) is 13.1. The third kappa shape index (κ3) is 3.24. The maximum atomic E-state index is 14.4. The Morgan fingerprint density at radius 2 is 1.81 bits per heavy atom. The summed E-state index contributed by atoms with van der Waals surface area (Å²) in [5, 5.41) is 3.20. The lowest BCUT2D eigenvalue weighted by Crippen LogP contribution is -2.11. The SMILES string of the molecule is CCNCc1ccc(-c2ccc(C)c(C)c2OC)c(F)c1. The van der Waals surface area contributed by atoms with E-state index in [2.05, 4.69) is 5.32 Å². The van der Waals surface area contributed by atoms with Crippen molar-refractivity contribution >= 4 is 0 Å². The van der Waals surface area contributed by atoms with Gasteiger partial charge < -0.3 is 10.1 Å². The molecule has 112 valence electrons. The standard InChI is InChI=1S/C18H22FNO/c1-5-20-11-14-7-9-15(17(19)10-14)16-8-6-12(2)13(3)18(16)21-4/h6-10,20H,5,11H2,1-4H3. The highest BCUT2D eigenvalue weighted by Gasteiger charge is 2.14. The van der Waals surface area contributed by atoms with Crippen LogP contribution in [-0.4, -0.2) is 13.7 Å². The van der Waals surface area contributed by atoms with Crippen molar-refractivity contribution in [1.29, 1.82) is 0 Å². The molecule has 0 amide bonds. The fraction of sp³-hybridized carbons (Fsp3) is 0.333. The van der Waals surface area contributed by atoms with Gasteiger partial charge in [-0.15, -0.1) is 0 Å². The Kier molecular flexibility index (Phi) is 4.97. The maximum Gasteiger partial charge on any atom is 0.131 e. The molecular formula is C18H22FNO. The molecule has 0 saturated heterocycles. The molecule has 2 aromatic rings. The molecule has 1 N–H and O–H groups in total. The van der Waals surface area contributed by atoms with Gasteiger partial charge in [0.1, 0.15) is 11.6 Å². The summed E-state index contributed by atoms with van der Waals surface area (Å²) in [6.07, 6.45) is 0. The minimum atomic E-state index is -0.216. The van der Waals surface area contributed by atoms with Crippen molar-refractivity contribution in [2.45, 2.75) is 27.3 Å². The van der Waals surface area contributed by atoms with Gasteiger partial charge in [0.05, 0.1) is 7.11 Å². The van der Waals surface area contributed by atoms with Crippen LogP contribution in [0.25, 0.3) is 11.1 Å². The fourth-order valence-corrected chi connectivity index (χ4v) is 2.42. The molecule has 0 spiro atoms. The highest BCUT2D eigenvalue weighted by Crippen LogP contribution is 2.36. The van der Waals surface area contributed by atoms with Gasteiger partial charge in [0.25, 0.3) is 0 Å². The molecule has 0 aromatic heterocycles. The van der Waals surface area contributed by atoms with Gasteiger partial charge in [0, 0.05) is 17.7 Å². The Morgan fingerprint density at radius 3 is 2.43 bits per heavy atom. The average molecular weight is 287 g/mol. The van der Waals surface area contributed by atoms with Gasteiger partial charge in [0.2, 0.25) is 0 Å². The molecule has 0 bridgehead atoms. The molecule has 0 unspecified atom stereocenters. The first-order valence-electron chi connectivity index (χ1n) is 7.22. The Balaban J connectivity index is 2.45. The predicted molar refractivity (Wildman–Crippen MR) is 85.2 cm³/mol. The van der Waals surface area contributed by atoms with Crippen molar-refractivity contribution in [2.75, 3.05) is 13.7 Å². The number of hydrogen-bond acceptors (Lipinski definition) is 2. The van der Waals surface area contributed by atoms with Gasteiger partial charge in [-0.1, -0.05) is 31.2 Å². The van der Waals surface area contributed by atoms with Gasteiger partial charge in [-0.3, -0.25) is 0 Å². The molecule has 3 heteroatoms. The number of ether oxygens (including phenoxy) is 1. The van der Waals surface area contributed by atoms with Gasteiger partial charge in [-0.25, -0.2) is 4.39 Å². The molecule has 0 radical (unpaired) electrons. The van der Waals surface area contributed by atoms with Crippen LogP contribution in [0.2, 0.25) is 0 Å². The highest BCUT2D eigenvalue weighted by molar-refractivity contribution is 5.73. The van der Waals surface area contributed by atoms with Crippen LogP contribution in [0, 0.1) is 19.7 Å². The van der Waals surface area contributed by atoms with E-state index in [0.717, 1.165) is 34.5 Å². The molecule has 0 fully saturated rings. The normalized spacial score (nSPS) is 10.7. The van der Waals surface area contributed by atoms with Crippen LogP contribution in [0.4, 0.5) is 4.39 Å². The van der Waals surface area contributed by atoms with Crippen molar-refractivity contribution in [3.63, 3.8) is 0 Å². The summed E-state index contributed by atoms with van der Waals surface area (Å²) >= 11 is 0. The lowest BCUT2D eigenvalue weighted by Gasteiger charge is -2.15. The van der Waals surface area contributed by atoms with E-state index < -0.39 is 0 Å². The first kappa shape index (κ1) is 15.5. The van der Waals surface area contributed by atoms with Crippen molar-refractivity contribution in [3.05, 3.63) is 52.8 Å². The fourth-order valence-electron chi connectivity index (χ4n) is 2.42. The van der Waals surface area contributed by atoms with E-state index in [1.807, 2.05) is 45.0 Å². The lowest BCUT2D eigenvalue weighted by molar-refractivity contribution is 0.412. The number of rotatable bonds is 5. The summed E-state index contributed by atoms with van der Waals surface area (Å²) in [4.78, 5) is 0. The molecular weight excluding hydrogens is 265 g/mol. The Labute approximate surface area is 126 Å². The number of aryl methyl sites for hydroxylation is 1. The smallest absolute Gasteiger partial charge is 0.131 e. The van der Waals surface area contributed by atoms with Crippen molar-refractivity contribution in [1.82, 2.24) is 5.32 Å². The van der Waals surface area contributed by atoms with Crippen LogP contribution in [0.3, 0.4) is 0 Å². The predicted octanol–water partition coefficient (Wildman–Crippen LogP) is 4.23. The molecule has 2 aromatic carbocycles. The van der Waals surface area contributed by atoms with Crippen LogP contribution < -0.4 is 10.1 Å². The van der Waals surface area contributed by atoms with E-state index >= 15 is 0 Å². The van der Waals surface area contributed by atoms with E-state index in [1.54, 1.807) is 13.2 Å². The zero-order valence-electron chi connectivity index (χ0n) is 13.1. The molecule has 0 aliphatic heterocycles. The second-order valence-electron chi connectivity index (χ2n) is 5.18. The Bertz CT molecular complexity index is 637. The van der Waals surface area contributed by atoms with Gasteiger partial charge in [-0.2, -0.15) is 0 Å². The zero-order chi connectivity index (χ0) is 15.4. The molecule has 0 aliphatic rings. The van der Waals surface area contributed by atoms with Crippen molar-refractivity contribution in [2.24, 2.45) is 0 Å². The summed E-state index contributed by atoms with van der Waals surface area (Å²) < 4.78 is 19.9. The minimum Gasteiger partial charge on any atom is -0.496 e. The molecule has 0 aliphatic carbocycles. The van der Waals surface area contributed by atoms with E-state index in [9.17, 15) is 4.39 Å². The van der Waals surface area contributed by atoms with Crippen LogP contribution in [-0.2, 0) is 6.54 Å². The first-order valence-corrected chi connectivity index (χ1v) is 7.22.